The second-order valence-electron chi connectivity index (χ2n) is 36.7. The van der Waals surface area contributed by atoms with Gasteiger partial charge in [-0.3, -0.25) is 0 Å². The third-order valence-corrected chi connectivity index (χ3v) is 25.8. The van der Waals surface area contributed by atoms with E-state index in [1.807, 2.05) is 0 Å². The van der Waals surface area contributed by atoms with Crippen LogP contribution in [0, 0.1) is 0 Å². The van der Waals surface area contributed by atoms with Gasteiger partial charge in [0.2, 0.25) is 0 Å². The van der Waals surface area contributed by atoms with Crippen LogP contribution in [0.25, 0.3) is 154 Å². The molecule has 0 unspecified atom stereocenters. The van der Waals surface area contributed by atoms with Crippen LogP contribution in [0.3, 0.4) is 0 Å². The van der Waals surface area contributed by atoms with Crippen LogP contribution in [-0.4, -0.2) is 18.3 Å². The van der Waals surface area contributed by atoms with E-state index in [4.69, 9.17) is 0 Å². The van der Waals surface area contributed by atoms with E-state index in [1.54, 1.807) is 0 Å². The molecule has 0 radical (unpaired) electrons. The number of aromatic nitrogens is 4. The second kappa shape index (κ2) is 26.2. The van der Waals surface area contributed by atoms with Crippen molar-refractivity contribution >= 4 is 121 Å². The Hall–Kier alpha value is -13.7. The van der Waals surface area contributed by atoms with Gasteiger partial charge in [0.25, 0.3) is 0 Å². The highest BCUT2D eigenvalue weighted by atomic mass is 15.2. The van der Waals surface area contributed by atoms with Crippen LogP contribution < -0.4 is 9.80 Å². The van der Waals surface area contributed by atoms with Crippen LogP contribution in [0.5, 0.6) is 0 Å². The maximum atomic E-state index is 2.54. The number of fused-ring (bicyclic) bond motifs is 22. The summed E-state index contributed by atoms with van der Waals surface area (Å²) < 4.78 is 9.95. The summed E-state index contributed by atoms with van der Waals surface area (Å²) in [6, 6.07) is 131. The summed E-state index contributed by atoms with van der Waals surface area (Å²) in [7, 11) is 0. The Balaban J connectivity index is 0.670. The predicted molar refractivity (Wildman–Crippen MR) is 501 cm³/mol. The van der Waals surface area contributed by atoms with E-state index in [9.17, 15) is 0 Å². The van der Waals surface area contributed by atoms with Crippen LogP contribution in [-0.2, 0) is 28.1 Å². The number of hydrogen-bond acceptors (Lipinski definition) is 2. The molecule has 570 valence electrons. The van der Waals surface area contributed by atoms with Gasteiger partial charge in [-0.05, 0) is 254 Å². The normalized spacial score (nSPS) is 13.0. The molecule has 0 atom stereocenters. The zero-order chi connectivity index (χ0) is 80.0. The summed E-state index contributed by atoms with van der Waals surface area (Å²) in [6.07, 6.45) is 0.812. The molecular weight excluding hydrogens is 1430 g/mol. The summed E-state index contributed by atoms with van der Waals surface area (Å²) in [5.41, 5.74) is 36.7. The molecule has 22 rings (SSSR count). The Bertz CT molecular complexity index is 7420. The first kappa shape index (κ1) is 70.9. The molecule has 118 heavy (non-hydrogen) atoms. The molecule has 0 N–H and O–H groups in total. The highest BCUT2D eigenvalue weighted by Crippen LogP contribution is 2.55. The zero-order valence-corrected chi connectivity index (χ0v) is 68.8. The number of nitrogens with zero attached hydrogens (tertiary/aromatic N) is 6. The molecule has 6 heterocycles. The van der Waals surface area contributed by atoms with Gasteiger partial charge < -0.3 is 28.1 Å². The van der Waals surface area contributed by atoms with Crippen molar-refractivity contribution in [2.45, 2.75) is 104 Å². The predicted octanol–water partition coefficient (Wildman–Crippen LogP) is 30.7. The van der Waals surface area contributed by atoms with Gasteiger partial charge in [-0.15, -0.1) is 0 Å². The van der Waals surface area contributed by atoms with E-state index in [0.717, 1.165) is 74.3 Å². The fourth-order valence-electron chi connectivity index (χ4n) is 19.8. The zero-order valence-electron chi connectivity index (χ0n) is 68.8. The summed E-state index contributed by atoms with van der Waals surface area (Å²) in [4.78, 5) is 5.02. The van der Waals surface area contributed by atoms with E-state index < -0.39 is 0 Å². The van der Waals surface area contributed by atoms with Gasteiger partial charge in [-0.1, -0.05) is 246 Å². The molecule has 6 heteroatoms. The largest absolute Gasteiger partial charge is 0.309 e. The molecule has 2 aliphatic heterocycles. The van der Waals surface area contributed by atoms with Gasteiger partial charge in [-0.25, -0.2) is 0 Å². The van der Waals surface area contributed by atoms with Gasteiger partial charge >= 0.3 is 0 Å². The molecule has 2 aliphatic rings. The van der Waals surface area contributed by atoms with Crippen LogP contribution in [0.1, 0.15) is 104 Å². The SMILES string of the molecule is CC(C)(C)c1ccc2c(c1)c1cc(C(C)(C)C)ccc1n2-c1ccc2c(c1)c1cc(-n3c4ccc(C(C)(C)C)cc4c4cc(C(C)(C)Cc5ccc6c(c5)-c5ccccc5-c5ccccc5N6c5ccc6c(c5)c5cc(N7c8ccccc8-c8ccccc8-c8ccccc87)ccc5n6-c5ccccc5)ccc43)ccc1n2-c1ccccc1. The first-order chi connectivity index (χ1) is 57.2. The molecule has 16 aromatic carbocycles. The third-order valence-electron chi connectivity index (χ3n) is 25.8. The Kier molecular flexibility index (Phi) is 15.7. The fraction of sp³-hybridized carbons (Fsp3) is 0.143. The van der Waals surface area contributed by atoms with Crippen molar-refractivity contribution in [2.75, 3.05) is 9.80 Å². The lowest BCUT2D eigenvalue weighted by Crippen LogP contribution is -2.20. The number of benzene rings is 16. The molecule has 0 fully saturated rings. The molecule has 20 aromatic rings. The lowest BCUT2D eigenvalue weighted by Gasteiger charge is -2.29. The quantitative estimate of drug-likeness (QED) is 0.144. The summed E-state index contributed by atoms with van der Waals surface area (Å²) in [5.74, 6) is 0. The van der Waals surface area contributed by atoms with Gasteiger partial charge in [0.05, 0.1) is 66.9 Å². The summed E-state index contributed by atoms with van der Waals surface area (Å²) >= 11 is 0. The van der Waals surface area contributed by atoms with E-state index in [-0.39, 0.29) is 21.7 Å². The molecule has 6 nitrogen and oxygen atoms in total. The number of rotatable bonds is 9. The lowest BCUT2D eigenvalue weighted by atomic mass is 9.78. The van der Waals surface area contributed by atoms with Crippen molar-refractivity contribution in [3.8, 4) is 67.3 Å². The minimum atomic E-state index is -0.292. The monoisotopic (exact) mass is 1520 g/mol. The van der Waals surface area contributed by atoms with Crippen molar-refractivity contribution < 1.29 is 0 Å². The number of anilines is 6. The Morgan fingerprint density at radius 3 is 0.788 bits per heavy atom. The van der Waals surface area contributed by atoms with Crippen LogP contribution in [0.15, 0.2) is 346 Å². The third kappa shape index (κ3) is 11.1. The molecule has 4 aromatic heterocycles. The van der Waals surface area contributed by atoms with Gasteiger partial charge in [-0.2, -0.15) is 0 Å². The molecule has 0 amide bonds. The lowest BCUT2D eigenvalue weighted by molar-refractivity contribution is 0.523. The first-order valence-electron chi connectivity index (χ1n) is 41.8. The smallest absolute Gasteiger partial charge is 0.0542 e. The Morgan fingerprint density at radius 2 is 0.441 bits per heavy atom. The van der Waals surface area contributed by atoms with Gasteiger partial charge in [0.15, 0.2) is 0 Å². The molecule has 0 spiro atoms. The maximum Gasteiger partial charge on any atom is 0.0542 e. The summed E-state index contributed by atoms with van der Waals surface area (Å²) in [5, 5.41) is 9.85. The van der Waals surface area contributed by atoms with Crippen LogP contribution >= 0.6 is 0 Å². The average molecular weight is 1520 g/mol. The number of hydrogen-bond donors (Lipinski definition) is 0. The maximum absolute atomic E-state index is 2.54. The average Bonchev–Trinajstić information content (AvgIpc) is 1.57. The van der Waals surface area contributed by atoms with Crippen LogP contribution in [0.2, 0.25) is 0 Å². The molecule has 0 saturated carbocycles. The van der Waals surface area contributed by atoms with Crippen molar-refractivity contribution in [1.29, 1.82) is 0 Å². The highest BCUT2D eigenvalue weighted by Gasteiger charge is 2.33. The number of para-hydroxylation sites is 5. The summed E-state index contributed by atoms with van der Waals surface area (Å²) in [6.45, 7) is 25.8. The van der Waals surface area contributed by atoms with Crippen molar-refractivity contribution in [1.82, 2.24) is 18.3 Å². The minimum absolute atomic E-state index is 0.00230. The second-order valence-corrected chi connectivity index (χ2v) is 36.7. The van der Waals surface area contributed by atoms with Crippen molar-refractivity contribution in [3.63, 3.8) is 0 Å². The molecular formula is C112H92N6. The van der Waals surface area contributed by atoms with Gasteiger partial charge in [0.1, 0.15) is 0 Å². The van der Waals surface area contributed by atoms with E-state index in [2.05, 4.69) is 450 Å². The molecule has 0 aliphatic carbocycles. The van der Waals surface area contributed by atoms with E-state index >= 15 is 0 Å². The minimum Gasteiger partial charge on any atom is -0.309 e. The van der Waals surface area contributed by atoms with Gasteiger partial charge in [0, 0.05) is 99.5 Å². The van der Waals surface area contributed by atoms with Crippen molar-refractivity contribution in [2.24, 2.45) is 0 Å². The van der Waals surface area contributed by atoms with Crippen molar-refractivity contribution in [3.05, 3.63) is 374 Å². The Morgan fingerprint density at radius 1 is 0.186 bits per heavy atom. The highest BCUT2D eigenvalue weighted by molar-refractivity contribution is 6.17. The molecule has 0 bridgehead atoms. The molecule has 0 saturated heterocycles. The van der Waals surface area contributed by atoms with Crippen LogP contribution in [0.4, 0.5) is 34.1 Å². The van der Waals surface area contributed by atoms with E-state index in [0.29, 0.717) is 0 Å². The standard InChI is InChI=1S/C112H92N6/c1-109(2,3)71-43-52-101-89(61-71)90-62-72(110(4,5)6)44-53-102(90)117(101)79-49-58-107-95(67-79)96-68-80(50-59-108(96)114(107)76-30-16-13-17-31-76)118-103-54-45-73(111(7,8)9)63-91(103)92-64-74(46-55-104(92)118)112(10,11)69-70-42-51-100-88(60-70)84-35-21-20-34-83(84)87-38-24-27-41-99(87)116(100)78-48-57-106-94(66-78)93-65-77(47-56-105(93)113(106)75-28-14-12-15-29-75)115-97-39-25-22-36-85(97)81-32-18-19-33-82(81)86-37-23-26-40-98(86)115/h12-68H,69H2,1-11H3. The Labute approximate surface area is 690 Å². The van der Waals surface area contributed by atoms with E-state index in [1.165, 1.54) is 149 Å². The topological polar surface area (TPSA) is 26.2 Å². The first-order valence-corrected chi connectivity index (χ1v) is 41.8. The fourth-order valence-corrected chi connectivity index (χ4v) is 19.8.